The fourth-order valence-corrected chi connectivity index (χ4v) is 2.95. The summed E-state index contributed by atoms with van der Waals surface area (Å²) < 4.78 is 0. The smallest absolute Gasteiger partial charge is 0.303 e. The highest BCUT2D eigenvalue weighted by Crippen LogP contribution is 2.26. The molecular formula is C16H23N3O3. The highest BCUT2D eigenvalue weighted by atomic mass is 16.4. The van der Waals surface area contributed by atoms with Gasteiger partial charge in [0.25, 0.3) is 0 Å². The molecule has 2 unspecified atom stereocenters. The average Bonchev–Trinajstić information content (AvgIpc) is 2.45. The number of hydrogen-bond donors (Lipinski definition) is 2. The first-order chi connectivity index (χ1) is 10.4. The molecule has 6 heteroatoms. The van der Waals surface area contributed by atoms with Gasteiger partial charge < -0.3 is 15.3 Å². The van der Waals surface area contributed by atoms with E-state index >= 15 is 0 Å². The van der Waals surface area contributed by atoms with Crippen LogP contribution < -0.4 is 10.2 Å². The Hall–Kier alpha value is -2.11. The van der Waals surface area contributed by atoms with Gasteiger partial charge in [-0.1, -0.05) is 13.8 Å². The number of amides is 1. The summed E-state index contributed by atoms with van der Waals surface area (Å²) in [7, 11) is 0. The van der Waals surface area contributed by atoms with Gasteiger partial charge in [-0.05, 0) is 30.4 Å². The predicted molar refractivity (Wildman–Crippen MR) is 84.9 cm³/mol. The van der Waals surface area contributed by atoms with E-state index in [1.165, 1.54) is 6.42 Å². The zero-order valence-corrected chi connectivity index (χ0v) is 13.1. The minimum Gasteiger partial charge on any atom is -0.481 e. The number of pyridine rings is 1. The number of piperidine rings is 1. The fourth-order valence-electron chi connectivity index (χ4n) is 2.95. The Morgan fingerprint density at radius 3 is 2.50 bits per heavy atom. The molecule has 22 heavy (non-hydrogen) atoms. The van der Waals surface area contributed by atoms with Crippen LogP contribution >= 0.6 is 0 Å². The van der Waals surface area contributed by atoms with E-state index in [1.807, 2.05) is 6.07 Å². The summed E-state index contributed by atoms with van der Waals surface area (Å²) in [5.41, 5.74) is 1.06. The van der Waals surface area contributed by atoms with Crippen molar-refractivity contribution in [3.8, 4) is 0 Å². The molecule has 2 N–H and O–H groups in total. The lowest BCUT2D eigenvalue weighted by Gasteiger charge is -2.36. The number of aromatic nitrogens is 1. The van der Waals surface area contributed by atoms with Gasteiger partial charge in [0.15, 0.2) is 0 Å². The Morgan fingerprint density at radius 1 is 1.27 bits per heavy atom. The fraction of sp³-hybridized carbons (Fsp3) is 0.562. The van der Waals surface area contributed by atoms with Gasteiger partial charge in [-0.15, -0.1) is 0 Å². The normalized spacial score (nSPS) is 21.5. The van der Waals surface area contributed by atoms with Crippen molar-refractivity contribution >= 4 is 23.4 Å². The maximum Gasteiger partial charge on any atom is 0.303 e. The predicted octanol–water partition coefficient (Wildman–Crippen LogP) is 2.37. The monoisotopic (exact) mass is 305 g/mol. The molecule has 1 saturated heterocycles. The van der Waals surface area contributed by atoms with Gasteiger partial charge in [-0.2, -0.15) is 0 Å². The molecule has 6 nitrogen and oxygen atoms in total. The molecule has 1 fully saturated rings. The number of aliphatic carboxylic acids is 1. The highest BCUT2D eigenvalue weighted by Gasteiger charge is 2.22. The molecule has 2 rings (SSSR count). The topological polar surface area (TPSA) is 82.5 Å². The van der Waals surface area contributed by atoms with E-state index in [-0.39, 0.29) is 18.7 Å². The summed E-state index contributed by atoms with van der Waals surface area (Å²) in [5.74, 6) is 0.477. The van der Waals surface area contributed by atoms with Gasteiger partial charge in [-0.3, -0.25) is 9.59 Å². The SMILES string of the molecule is CC1CC(C)CN(c2ccc(NC(=O)CCC(=O)O)nc2)C1. The molecule has 1 aliphatic rings. The second-order valence-corrected chi connectivity index (χ2v) is 6.19. The van der Waals surface area contributed by atoms with Crippen LogP contribution in [0, 0.1) is 11.8 Å². The van der Waals surface area contributed by atoms with Crippen LogP contribution in [0.3, 0.4) is 0 Å². The molecule has 0 spiro atoms. The average molecular weight is 305 g/mol. The molecule has 2 heterocycles. The first-order valence-electron chi connectivity index (χ1n) is 7.66. The van der Waals surface area contributed by atoms with E-state index < -0.39 is 5.97 Å². The first kappa shape index (κ1) is 16.3. The number of carboxylic acids is 1. The third-order valence-electron chi connectivity index (χ3n) is 3.82. The van der Waals surface area contributed by atoms with Crippen LogP contribution in [0.4, 0.5) is 11.5 Å². The Labute approximate surface area is 130 Å². The van der Waals surface area contributed by atoms with Gasteiger partial charge in [0.2, 0.25) is 5.91 Å². The van der Waals surface area contributed by atoms with E-state index in [4.69, 9.17) is 5.11 Å². The van der Waals surface area contributed by atoms with Gasteiger partial charge in [0, 0.05) is 19.5 Å². The quantitative estimate of drug-likeness (QED) is 0.872. The Balaban J connectivity index is 1.92. The number of anilines is 2. The number of carbonyl (C=O) groups is 2. The maximum atomic E-state index is 11.6. The number of nitrogens with one attached hydrogen (secondary N) is 1. The lowest BCUT2D eigenvalue weighted by molar-refractivity contribution is -0.138. The van der Waals surface area contributed by atoms with Gasteiger partial charge in [0.1, 0.15) is 5.82 Å². The molecule has 1 amide bonds. The summed E-state index contributed by atoms with van der Waals surface area (Å²) in [4.78, 5) is 28.6. The minimum atomic E-state index is -0.980. The van der Waals surface area contributed by atoms with Crippen molar-refractivity contribution in [2.75, 3.05) is 23.3 Å². The van der Waals surface area contributed by atoms with E-state index in [1.54, 1.807) is 12.3 Å². The van der Waals surface area contributed by atoms with E-state index in [0.29, 0.717) is 17.7 Å². The van der Waals surface area contributed by atoms with Crippen molar-refractivity contribution in [1.29, 1.82) is 0 Å². The Morgan fingerprint density at radius 2 is 1.95 bits per heavy atom. The molecule has 0 aromatic carbocycles. The second-order valence-electron chi connectivity index (χ2n) is 6.19. The lowest BCUT2D eigenvalue weighted by Crippen LogP contribution is -2.38. The summed E-state index contributed by atoms with van der Waals surface area (Å²) in [5, 5.41) is 11.2. The zero-order chi connectivity index (χ0) is 16.1. The molecule has 120 valence electrons. The molecule has 0 bridgehead atoms. The first-order valence-corrected chi connectivity index (χ1v) is 7.66. The van der Waals surface area contributed by atoms with E-state index in [2.05, 4.69) is 29.0 Å². The van der Waals surface area contributed by atoms with Gasteiger partial charge in [0.05, 0.1) is 18.3 Å². The van der Waals surface area contributed by atoms with Crippen molar-refractivity contribution in [2.45, 2.75) is 33.1 Å². The lowest BCUT2D eigenvalue weighted by atomic mass is 9.92. The summed E-state index contributed by atoms with van der Waals surface area (Å²) in [6.45, 7) is 6.56. The third kappa shape index (κ3) is 4.72. The Bertz CT molecular complexity index is 520. The van der Waals surface area contributed by atoms with Crippen molar-refractivity contribution < 1.29 is 14.7 Å². The molecule has 1 aromatic heterocycles. The maximum absolute atomic E-state index is 11.6. The molecule has 1 aromatic rings. The van der Waals surface area contributed by atoms with Gasteiger partial charge in [-0.25, -0.2) is 4.98 Å². The standard InChI is InChI=1S/C16H23N3O3/c1-11-7-12(2)10-19(9-11)13-3-4-14(17-8-13)18-15(20)5-6-16(21)22/h3-4,8,11-12H,5-7,9-10H2,1-2H3,(H,21,22)(H,17,18,20). The second kappa shape index (κ2) is 7.24. The molecular weight excluding hydrogens is 282 g/mol. The summed E-state index contributed by atoms with van der Waals surface area (Å²) in [6, 6.07) is 3.71. The zero-order valence-electron chi connectivity index (χ0n) is 13.1. The molecule has 1 aliphatic heterocycles. The molecule has 0 aliphatic carbocycles. The number of hydrogen-bond acceptors (Lipinski definition) is 4. The number of carboxylic acid groups (broad SMARTS) is 1. The van der Waals surface area contributed by atoms with Gasteiger partial charge >= 0.3 is 5.97 Å². The van der Waals surface area contributed by atoms with Crippen LogP contribution in [0.1, 0.15) is 33.1 Å². The number of nitrogens with zero attached hydrogens (tertiary/aromatic N) is 2. The van der Waals surface area contributed by atoms with Crippen molar-refractivity contribution in [2.24, 2.45) is 11.8 Å². The van der Waals surface area contributed by atoms with Crippen molar-refractivity contribution in [3.05, 3.63) is 18.3 Å². The van der Waals surface area contributed by atoms with Crippen molar-refractivity contribution in [1.82, 2.24) is 4.98 Å². The van der Waals surface area contributed by atoms with E-state index in [9.17, 15) is 9.59 Å². The van der Waals surface area contributed by atoms with Crippen LogP contribution in [-0.4, -0.2) is 35.1 Å². The molecule has 0 saturated carbocycles. The van der Waals surface area contributed by atoms with Crippen LogP contribution in [-0.2, 0) is 9.59 Å². The minimum absolute atomic E-state index is 0.0417. The highest BCUT2D eigenvalue weighted by molar-refractivity contribution is 5.91. The Kier molecular flexibility index (Phi) is 5.35. The van der Waals surface area contributed by atoms with E-state index in [0.717, 1.165) is 18.8 Å². The number of carbonyl (C=O) groups excluding carboxylic acids is 1. The third-order valence-corrected chi connectivity index (χ3v) is 3.82. The summed E-state index contributed by atoms with van der Waals surface area (Å²) in [6.07, 6.45) is 2.80. The molecule has 2 atom stereocenters. The summed E-state index contributed by atoms with van der Waals surface area (Å²) >= 11 is 0. The van der Waals surface area contributed by atoms with Crippen LogP contribution in [0.25, 0.3) is 0 Å². The largest absolute Gasteiger partial charge is 0.481 e. The number of rotatable bonds is 5. The van der Waals surface area contributed by atoms with Crippen LogP contribution in [0.2, 0.25) is 0 Å². The van der Waals surface area contributed by atoms with Crippen molar-refractivity contribution in [3.63, 3.8) is 0 Å². The van der Waals surface area contributed by atoms with Crippen LogP contribution in [0.5, 0.6) is 0 Å². The molecule has 0 radical (unpaired) electrons. The van der Waals surface area contributed by atoms with Crippen LogP contribution in [0.15, 0.2) is 18.3 Å².